The summed E-state index contributed by atoms with van der Waals surface area (Å²) in [7, 11) is 1.60. The van der Waals surface area contributed by atoms with Gasteiger partial charge in [-0.25, -0.2) is 9.79 Å². The zero-order valence-electron chi connectivity index (χ0n) is 17.9. The number of carbonyl (C=O) groups is 2. The Morgan fingerprint density at radius 2 is 2.06 bits per heavy atom. The van der Waals surface area contributed by atoms with Gasteiger partial charge in [-0.1, -0.05) is 18.2 Å². The molecule has 3 rings (SSSR count). The molecule has 11 heteroatoms. The Morgan fingerprint density at radius 3 is 2.62 bits per heavy atom. The van der Waals surface area contributed by atoms with Crippen LogP contribution in [0.15, 0.2) is 34.7 Å². The number of aromatic nitrogens is 2. The van der Waals surface area contributed by atoms with E-state index in [0.717, 1.165) is 37.3 Å². The Bertz CT molecular complexity index is 1110. The molecule has 170 valence electrons. The summed E-state index contributed by atoms with van der Waals surface area (Å²) in [5.74, 6) is -1.15. The lowest BCUT2D eigenvalue weighted by Crippen LogP contribution is -2.27. The largest absolute Gasteiger partial charge is 0.478 e. The van der Waals surface area contributed by atoms with Crippen LogP contribution in [0.4, 0.5) is 5.69 Å². The molecule has 1 aliphatic rings. The summed E-state index contributed by atoms with van der Waals surface area (Å²) in [6.07, 6.45) is 6.22. The summed E-state index contributed by atoms with van der Waals surface area (Å²) in [6.45, 7) is 7.48. The van der Waals surface area contributed by atoms with Crippen LogP contribution in [0.25, 0.3) is 5.57 Å². The van der Waals surface area contributed by atoms with Crippen molar-refractivity contribution in [3.8, 4) is 0 Å². The predicted octanol–water partition coefficient (Wildman–Crippen LogP) is 3.80. The number of anilines is 1. The molecule has 0 saturated carbocycles. The van der Waals surface area contributed by atoms with Crippen LogP contribution < -0.4 is 11.1 Å². The molecule has 3 heterocycles. The van der Waals surface area contributed by atoms with E-state index in [9.17, 15) is 14.7 Å². The number of likely N-dealkylation sites (tertiary alicyclic amines) is 1. The number of nitrogens with zero attached hydrogens (tertiary/aromatic N) is 4. The first-order valence-corrected chi connectivity index (χ1v) is 11.2. The molecule has 1 aliphatic heterocycles. The predicted molar refractivity (Wildman–Crippen MR) is 127 cm³/mol. The molecule has 2 aromatic heterocycles. The number of carbonyl (C=O) groups excluding carboxylic acids is 1. The Hall–Kier alpha value is -3.11. The van der Waals surface area contributed by atoms with Crippen molar-refractivity contribution in [3.05, 3.63) is 50.8 Å². The number of hydrogen-bond donors (Lipinski definition) is 3. The Labute approximate surface area is 194 Å². The molecule has 0 spiro atoms. The smallest absolute Gasteiger partial charge is 0.339 e. The number of halogens is 1. The molecule has 32 heavy (non-hydrogen) atoms. The number of hydrogen-bond acceptors (Lipinski definition) is 7. The van der Waals surface area contributed by atoms with E-state index in [1.54, 1.807) is 19.4 Å². The first-order valence-electron chi connectivity index (χ1n) is 9.99. The van der Waals surface area contributed by atoms with Crippen LogP contribution in [0.5, 0.6) is 0 Å². The first kappa shape index (κ1) is 23.6. The summed E-state index contributed by atoms with van der Waals surface area (Å²) in [4.78, 5) is 31.6. The van der Waals surface area contributed by atoms with E-state index in [-0.39, 0.29) is 22.0 Å². The molecule has 1 fully saturated rings. The number of aliphatic imine (C=N–C) groups is 1. The second kappa shape index (κ2) is 10.0. The molecule has 0 unspecified atom stereocenters. The molecule has 1 amide bonds. The molecular weight excluding hydrogens is 452 g/mol. The molecule has 0 aromatic carbocycles. The van der Waals surface area contributed by atoms with Gasteiger partial charge in [-0.3, -0.25) is 9.48 Å². The van der Waals surface area contributed by atoms with Gasteiger partial charge in [0.1, 0.15) is 16.5 Å². The third kappa shape index (κ3) is 5.03. The number of aromatic carboxylic acids is 1. The third-order valence-electron chi connectivity index (χ3n) is 5.10. The lowest BCUT2D eigenvalue weighted by Gasteiger charge is -2.28. The van der Waals surface area contributed by atoms with Gasteiger partial charge in [0, 0.05) is 43.0 Å². The maximum atomic E-state index is 12.6. The van der Waals surface area contributed by atoms with Gasteiger partial charge in [0.25, 0.3) is 5.91 Å². The summed E-state index contributed by atoms with van der Waals surface area (Å²) in [5.41, 5.74) is 7.15. The highest BCUT2D eigenvalue weighted by atomic mass is 35.5. The number of aryl methyl sites for hydroxylation is 1. The Balaban J connectivity index is 1.89. The number of piperidine rings is 1. The number of nitrogens with two attached hydrogens (primary N) is 1. The standard InChI is InChI=1S/C21H25ClN6O3S/c1-12(23)14(9-24-13(2)28-7-5-4-6-8-28)18-17(21(30)31)16(11-32-18)26-20(29)15-10-25-27(3)19(15)22/h9-11H,2,4-8,23H2,1,3H3,(H,26,29)(H,30,31)/b14-12+,24-9-. The van der Waals surface area contributed by atoms with Crippen molar-refractivity contribution >= 4 is 52.3 Å². The van der Waals surface area contributed by atoms with Crippen LogP contribution in [-0.2, 0) is 7.05 Å². The minimum absolute atomic E-state index is 0.0711. The van der Waals surface area contributed by atoms with Crippen LogP contribution in [0.1, 0.15) is 51.8 Å². The second-order valence-corrected chi connectivity index (χ2v) is 8.64. The van der Waals surface area contributed by atoms with Crippen molar-refractivity contribution in [3.63, 3.8) is 0 Å². The van der Waals surface area contributed by atoms with Gasteiger partial charge in [-0.2, -0.15) is 5.10 Å². The molecule has 9 nitrogen and oxygen atoms in total. The van der Waals surface area contributed by atoms with Crippen molar-refractivity contribution in [2.75, 3.05) is 18.4 Å². The van der Waals surface area contributed by atoms with Gasteiger partial charge < -0.3 is 21.1 Å². The van der Waals surface area contributed by atoms with E-state index in [2.05, 4.69) is 26.9 Å². The molecule has 0 radical (unpaired) electrons. The quantitative estimate of drug-likeness (QED) is 0.522. The number of nitrogens with one attached hydrogen (secondary N) is 1. The van der Waals surface area contributed by atoms with Crippen LogP contribution in [0, 0.1) is 0 Å². The van der Waals surface area contributed by atoms with Gasteiger partial charge >= 0.3 is 5.97 Å². The van der Waals surface area contributed by atoms with Crippen LogP contribution >= 0.6 is 22.9 Å². The third-order valence-corrected chi connectivity index (χ3v) is 6.56. The van der Waals surface area contributed by atoms with Crippen LogP contribution in [-0.4, -0.2) is 51.0 Å². The van der Waals surface area contributed by atoms with Crippen molar-refractivity contribution in [2.24, 2.45) is 17.8 Å². The Morgan fingerprint density at radius 1 is 1.38 bits per heavy atom. The highest BCUT2D eigenvalue weighted by Crippen LogP contribution is 2.34. The van der Waals surface area contributed by atoms with Crippen molar-refractivity contribution in [2.45, 2.75) is 26.2 Å². The van der Waals surface area contributed by atoms with Gasteiger partial charge in [0.15, 0.2) is 0 Å². The molecule has 1 saturated heterocycles. The Kier molecular flexibility index (Phi) is 7.37. The summed E-state index contributed by atoms with van der Waals surface area (Å²) in [6, 6.07) is 0. The van der Waals surface area contributed by atoms with Crippen LogP contribution in [0.2, 0.25) is 5.15 Å². The zero-order valence-corrected chi connectivity index (χ0v) is 19.5. The van der Waals surface area contributed by atoms with E-state index < -0.39 is 11.9 Å². The zero-order chi connectivity index (χ0) is 23.4. The fourth-order valence-electron chi connectivity index (χ4n) is 3.34. The van der Waals surface area contributed by atoms with Gasteiger partial charge in [-0.15, -0.1) is 11.3 Å². The molecule has 0 atom stereocenters. The SMILES string of the molecule is C=C(/N=C\C(=C(\C)N)c1scc(NC(=O)c2cnn(C)c2Cl)c1C(=O)O)N1CCCCC1. The van der Waals surface area contributed by atoms with Crippen molar-refractivity contribution < 1.29 is 14.7 Å². The summed E-state index contributed by atoms with van der Waals surface area (Å²) in [5, 5.41) is 18.1. The van der Waals surface area contributed by atoms with Gasteiger partial charge in [0.05, 0.1) is 22.3 Å². The van der Waals surface area contributed by atoms with Crippen molar-refractivity contribution in [1.82, 2.24) is 14.7 Å². The molecular formula is C21H25ClN6O3S. The highest BCUT2D eigenvalue weighted by Gasteiger charge is 2.24. The van der Waals surface area contributed by atoms with E-state index in [1.807, 2.05) is 0 Å². The maximum Gasteiger partial charge on any atom is 0.339 e. The highest BCUT2D eigenvalue weighted by molar-refractivity contribution is 7.12. The average molecular weight is 477 g/mol. The minimum Gasteiger partial charge on any atom is -0.478 e. The molecule has 4 N–H and O–H groups in total. The fraction of sp³-hybridized carbons (Fsp3) is 0.333. The molecule has 0 aliphatic carbocycles. The average Bonchev–Trinajstić information content (AvgIpc) is 3.32. The number of amides is 1. The maximum absolute atomic E-state index is 12.6. The lowest BCUT2D eigenvalue weighted by atomic mass is 10.1. The fourth-order valence-corrected chi connectivity index (χ4v) is 4.58. The van der Waals surface area contributed by atoms with Crippen LogP contribution in [0.3, 0.4) is 0 Å². The number of carboxylic acid groups (broad SMARTS) is 1. The summed E-state index contributed by atoms with van der Waals surface area (Å²) >= 11 is 7.23. The second-order valence-electron chi connectivity index (χ2n) is 7.40. The van der Waals surface area contributed by atoms with E-state index in [0.29, 0.717) is 22.0 Å². The van der Waals surface area contributed by atoms with E-state index in [1.165, 1.54) is 23.5 Å². The molecule has 0 bridgehead atoms. The summed E-state index contributed by atoms with van der Waals surface area (Å²) < 4.78 is 1.35. The topological polar surface area (TPSA) is 126 Å². The van der Waals surface area contributed by atoms with Gasteiger partial charge in [0.2, 0.25) is 0 Å². The van der Waals surface area contributed by atoms with E-state index >= 15 is 0 Å². The number of thiophene rings is 1. The van der Waals surface area contributed by atoms with Crippen molar-refractivity contribution in [1.29, 1.82) is 0 Å². The van der Waals surface area contributed by atoms with Gasteiger partial charge in [-0.05, 0) is 26.2 Å². The number of allylic oxidation sites excluding steroid dienone is 2. The lowest BCUT2D eigenvalue weighted by molar-refractivity contribution is 0.0698. The van der Waals surface area contributed by atoms with E-state index in [4.69, 9.17) is 17.3 Å². The monoisotopic (exact) mass is 476 g/mol. The minimum atomic E-state index is -1.20. The number of rotatable bonds is 7. The normalized spacial score (nSPS) is 15.0. The number of carboxylic acids is 1. The first-order chi connectivity index (χ1) is 15.2. The molecule has 2 aromatic rings.